The number of anilines is 1. The molecule has 0 aromatic carbocycles. The number of rotatable bonds is 1. The largest absolute Gasteiger partial charge is 0.444 e. The summed E-state index contributed by atoms with van der Waals surface area (Å²) in [5, 5.41) is 1.01. The molecule has 2 aromatic rings. The van der Waals surface area contributed by atoms with Crippen LogP contribution in [0.1, 0.15) is 33.5 Å². The van der Waals surface area contributed by atoms with Crippen LogP contribution in [-0.2, 0) is 11.8 Å². The molecular formula is C18H26BrN5O2. The lowest BCUT2D eigenvalue weighted by atomic mass is 10.2. The summed E-state index contributed by atoms with van der Waals surface area (Å²) in [6.45, 7) is 11.6. The van der Waals surface area contributed by atoms with E-state index in [2.05, 4.69) is 25.8 Å². The van der Waals surface area contributed by atoms with Gasteiger partial charge in [0.15, 0.2) is 0 Å². The molecule has 0 unspecified atom stereocenters. The minimum absolute atomic E-state index is 0.0337. The maximum Gasteiger partial charge on any atom is 0.410 e. The van der Waals surface area contributed by atoms with Crippen LogP contribution < -0.4 is 4.90 Å². The summed E-state index contributed by atoms with van der Waals surface area (Å²) in [5.41, 5.74) is 0.417. The second kappa shape index (κ2) is 6.72. The fourth-order valence-electron chi connectivity index (χ4n) is 3.28. The fourth-order valence-corrected chi connectivity index (χ4v) is 3.94. The lowest BCUT2D eigenvalue weighted by Gasteiger charge is -2.40. The van der Waals surface area contributed by atoms with Crippen LogP contribution in [-0.4, -0.2) is 56.8 Å². The zero-order chi connectivity index (χ0) is 19.2. The molecule has 1 amide bonds. The Hall–Kier alpha value is -1.83. The zero-order valence-corrected chi connectivity index (χ0v) is 17.8. The highest BCUT2D eigenvalue weighted by molar-refractivity contribution is 9.10. The molecule has 0 radical (unpaired) electrons. The van der Waals surface area contributed by atoms with Crippen LogP contribution in [0.15, 0.2) is 10.7 Å². The lowest BCUT2D eigenvalue weighted by molar-refractivity contribution is 0.0159. The quantitative estimate of drug-likeness (QED) is 0.702. The summed E-state index contributed by atoms with van der Waals surface area (Å²) >= 11 is 3.63. The van der Waals surface area contributed by atoms with Gasteiger partial charge in [-0.3, -0.25) is 0 Å². The number of hydrogen-bond acceptors (Lipinski definition) is 5. The first-order chi connectivity index (χ1) is 12.1. The van der Waals surface area contributed by atoms with Crippen LogP contribution in [0.2, 0.25) is 0 Å². The van der Waals surface area contributed by atoms with Crippen molar-refractivity contribution in [2.45, 2.75) is 46.3 Å². The first-order valence-electron chi connectivity index (χ1n) is 8.80. The summed E-state index contributed by atoms with van der Waals surface area (Å²) in [5.74, 6) is 1.65. The van der Waals surface area contributed by atoms with Crippen LogP contribution in [0.25, 0.3) is 11.0 Å². The molecule has 0 bridgehead atoms. The molecule has 2 aromatic heterocycles. The number of fused-ring (bicyclic) bond motifs is 1. The number of aryl methyl sites for hydroxylation is 2. The van der Waals surface area contributed by atoms with Crippen molar-refractivity contribution in [1.82, 2.24) is 19.4 Å². The normalized spacial score (nSPS) is 18.5. The number of carbonyl (C=O) groups is 1. The number of amides is 1. The molecule has 3 rings (SSSR count). The molecule has 7 nitrogen and oxygen atoms in total. The van der Waals surface area contributed by atoms with Crippen molar-refractivity contribution in [3.05, 3.63) is 16.5 Å². The standard InChI is InChI=1S/C18H26BrN5O2/c1-11-9-23(7-8-24(11)17(25)26-18(3,4)5)16-14-13(19)10-22(6)15(14)20-12(2)21-16/h10-11H,7-9H2,1-6H3/t11-/m1/s1. The predicted octanol–water partition coefficient (Wildman–Crippen LogP) is 3.48. The number of nitrogens with zero attached hydrogens (tertiary/aromatic N) is 5. The van der Waals surface area contributed by atoms with Gasteiger partial charge >= 0.3 is 6.09 Å². The molecule has 1 aliphatic rings. The Kier molecular flexibility index (Phi) is 4.90. The highest BCUT2D eigenvalue weighted by atomic mass is 79.9. The average molecular weight is 424 g/mol. The molecule has 1 atom stereocenters. The lowest BCUT2D eigenvalue weighted by Crippen LogP contribution is -2.55. The van der Waals surface area contributed by atoms with Gasteiger partial charge in [-0.2, -0.15) is 0 Å². The van der Waals surface area contributed by atoms with Crippen LogP contribution in [0.5, 0.6) is 0 Å². The van der Waals surface area contributed by atoms with Crippen molar-refractivity contribution < 1.29 is 9.53 Å². The number of piperazine rings is 1. The second-order valence-corrected chi connectivity index (χ2v) is 8.70. The van der Waals surface area contributed by atoms with Crippen molar-refractivity contribution in [3.8, 4) is 0 Å². The van der Waals surface area contributed by atoms with Gasteiger partial charge in [-0.05, 0) is 50.5 Å². The third kappa shape index (κ3) is 3.65. The molecule has 0 N–H and O–H groups in total. The minimum Gasteiger partial charge on any atom is -0.444 e. The SMILES string of the molecule is Cc1nc(N2CCN(C(=O)OC(C)(C)C)[C@H](C)C2)c2c(Br)cn(C)c2n1. The molecular weight excluding hydrogens is 398 g/mol. The van der Waals surface area contributed by atoms with Crippen LogP contribution >= 0.6 is 15.9 Å². The number of ether oxygens (including phenoxy) is 1. The number of halogens is 1. The van der Waals surface area contributed by atoms with Crippen LogP contribution in [0.4, 0.5) is 10.6 Å². The summed E-state index contributed by atoms with van der Waals surface area (Å²) in [6, 6.07) is 0.0337. The fraction of sp³-hybridized carbons (Fsp3) is 0.611. The molecule has 1 aliphatic heterocycles. The maximum absolute atomic E-state index is 12.4. The molecule has 3 heterocycles. The average Bonchev–Trinajstić information content (AvgIpc) is 2.79. The van der Waals surface area contributed by atoms with Crippen molar-refractivity contribution in [1.29, 1.82) is 0 Å². The molecule has 1 saturated heterocycles. The molecule has 0 aliphatic carbocycles. The first-order valence-corrected chi connectivity index (χ1v) is 9.60. The molecule has 8 heteroatoms. The molecule has 1 fully saturated rings. The zero-order valence-electron chi connectivity index (χ0n) is 16.2. The Morgan fingerprint density at radius 2 is 2.00 bits per heavy atom. The van der Waals surface area contributed by atoms with E-state index in [0.717, 1.165) is 27.1 Å². The predicted molar refractivity (Wildman–Crippen MR) is 106 cm³/mol. The van der Waals surface area contributed by atoms with Crippen molar-refractivity contribution >= 4 is 38.9 Å². The first kappa shape index (κ1) is 18.9. The van der Waals surface area contributed by atoms with Gasteiger partial charge < -0.3 is 19.1 Å². The molecule has 26 heavy (non-hydrogen) atoms. The summed E-state index contributed by atoms with van der Waals surface area (Å²) < 4.78 is 8.51. The summed E-state index contributed by atoms with van der Waals surface area (Å²) in [4.78, 5) is 25.7. The Balaban J connectivity index is 1.86. The van der Waals surface area contributed by atoms with Gasteiger partial charge in [0.1, 0.15) is 22.9 Å². The summed E-state index contributed by atoms with van der Waals surface area (Å²) in [7, 11) is 1.98. The van der Waals surface area contributed by atoms with Gasteiger partial charge in [0.25, 0.3) is 0 Å². The van der Waals surface area contributed by atoms with Gasteiger partial charge in [-0.1, -0.05) is 0 Å². The minimum atomic E-state index is -0.487. The van der Waals surface area contributed by atoms with Gasteiger partial charge in [-0.25, -0.2) is 14.8 Å². The van der Waals surface area contributed by atoms with Crippen molar-refractivity contribution in [2.75, 3.05) is 24.5 Å². The maximum atomic E-state index is 12.4. The van der Waals surface area contributed by atoms with Crippen molar-refractivity contribution in [2.24, 2.45) is 7.05 Å². The van der Waals surface area contributed by atoms with E-state index in [-0.39, 0.29) is 12.1 Å². The van der Waals surface area contributed by atoms with E-state index in [1.165, 1.54) is 0 Å². The molecule has 0 saturated carbocycles. The van der Waals surface area contributed by atoms with E-state index in [9.17, 15) is 4.79 Å². The van der Waals surface area contributed by atoms with Crippen LogP contribution in [0.3, 0.4) is 0 Å². The molecule has 142 valence electrons. The van der Waals surface area contributed by atoms with Gasteiger partial charge in [0.2, 0.25) is 0 Å². The number of aromatic nitrogens is 3. The van der Waals surface area contributed by atoms with E-state index in [1.807, 2.05) is 52.4 Å². The Bertz CT molecular complexity index is 842. The van der Waals surface area contributed by atoms with Crippen molar-refractivity contribution in [3.63, 3.8) is 0 Å². The van der Waals surface area contributed by atoms with Gasteiger partial charge in [-0.15, -0.1) is 0 Å². The van der Waals surface area contributed by atoms with Gasteiger partial charge in [0.05, 0.1) is 5.39 Å². The van der Waals surface area contributed by atoms with E-state index in [4.69, 9.17) is 9.72 Å². The highest BCUT2D eigenvalue weighted by Crippen LogP contribution is 2.33. The van der Waals surface area contributed by atoms with E-state index in [0.29, 0.717) is 19.6 Å². The third-order valence-electron chi connectivity index (χ3n) is 4.42. The van der Waals surface area contributed by atoms with Gasteiger partial charge in [0, 0.05) is 43.4 Å². The summed E-state index contributed by atoms with van der Waals surface area (Å²) in [6.07, 6.45) is 1.75. The molecule has 0 spiro atoms. The monoisotopic (exact) mass is 423 g/mol. The number of carbonyl (C=O) groups excluding carboxylic acids is 1. The topological polar surface area (TPSA) is 63.5 Å². The second-order valence-electron chi connectivity index (χ2n) is 7.85. The Labute approximate surface area is 162 Å². The highest BCUT2D eigenvalue weighted by Gasteiger charge is 2.32. The Morgan fingerprint density at radius 3 is 2.62 bits per heavy atom. The van der Waals surface area contributed by atoms with E-state index >= 15 is 0 Å². The van der Waals surface area contributed by atoms with Crippen LogP contribution in [0, 0.1) is 6.92 Å². The van der Waals surface area contributed by atoms with E-state index in [1.54, 1.807) is 4.90 Å². The number of hydrogen-bond donors (Lipinski definition) is 0. The smallest absolute Gasteiger partial charge is 0.410 e. The Morgan fingerprint density at radius 1 is 1.31 bits per heavy atom. The van der Waals surface area contributed by atoms with E-state index < -0.39 is 5.60 Å². The third-order valence-corrected chi connectivity index (χ3v) is 5.02.